The molecule has 2 aromatic rings. The first-order valence-corrected chi connectivity index (χ1v) is 9.52. The maximum atomic E-state index is 6.40. The van der Waals surface area contributed by atoms with Gasteiger partial charge < -0.3 is 9.64 Å². The Morgan fingerprint density at radius 1 is 0.920 bits per heavy atom. The van der Waals surface area contributed by atoms with Gasteiger partial charge >= 0.3 is 0 Å². The number of hydrogen-bond donors (Lipinski definition) is 0. The van der Waals surface area contributed by atoms with Gasteiger partial charge in [-0.2, -0.15) is 0 Å². The molecular weight excluding hydrogens is 312 g/mol. The first-order chi connectivity index (χ1) is 12.4. The van der Waals surface area contributed by atoms with Gasteiger partial charge in [0.15, 0.2) is 6.23 Å². The van der Waals surface area contributed by atoms with Gasteiger partial charge in [0.1, 0.15) is 5.75 Å². The van der Waals surface area contributed by atoms with Gasteiger partial charge in [-0.05, 0) is 37.8 Å². The van der Waals surface area contributed by atoms with Crippen LogP contribution in [0, 0.1) is 0 Å². The molecular formula is C20H24N4O. The van der Waals surface area contributed by atoms with E-state index >= 15 is 0 Å². The molecule has 0 aliphatic carbocycles. The van der Waals surface area contributed by atoms with E-state index in [-0.39, 0.29) is 6.23 Å². The van der Waals surface area contributed by atoms with E-state index in [1.807, 2.05) is 12.3 Å². The summed E-state index contributed by atoms with van der Waals surface area (Å²) < 4.78 is 6.40. The van der Waals surface area contributed by atoms with Crippen LogP contribution in [0.25, 0.3) is 11.3 Å². The normalized spacial score (nSPS) is 23.0. The summed E-state index contributed by atoms with van der Waals surface area (Å²) in [6.45, 7) is 4.29. The fraction of sp³-hybridized carbons (Fsp3) is 0.500. The smallest absolute Gasteiger partial charge is 0.225 e. The summed E-state index contributed by atoms with van der Waals surface area (Å²) in [5, 5.41) is 0. The standard InChI is InChI=1S/C20H24N4O/c1-4-10-23(11-5-1)19-16-14-21-20(24-12-6-7-13-24)22-18(16)15-8-2-3-9-17(15)25-19/h2-3,8-9,14,19H,1,4-7,10-13H2. The van der Waals surface area contributed by atoms with Crippen molar-refractivity contribution in [3.8, 4) is 17.0 Å². The maximum Gasteiger partial charge on any atom is 0.225 e. The third-order valence-corrected chi connectivity index (χ3v) is 5.56. The number of anilines is 1. The van der Waals surface area contributed by atoms with E-state index in [4.69, 9.17) is 14.7 Å². The van der Waals surface area contributed by atoms with Crippen molar-refractivity contribution >= 4 is 5.95 Å². The van der Waals surface area contributed by atoms with Gasteiger partial charge in [-0.15, -0.1) is 0 Å². The summed E-state index contributed by atoms with van der Waals surface area (Å²) in [7, 11) is 0. The number of nitrogens with zero attached hydrogens (tertiary/aromatic N) is 4. The van der Waals surface area contributed by atoms with Crippen LogP contribution in [0.4, 0.5) is 5.95 Å². The number of aromatic nitrogens is 2. The van der Waals surface area contributed by atoms with Gasteiger partial charge in [0, 0.05) is 37.9 Å². The lowest BCUT2D eigenvalue weighted by Crippen LogP contribution is -2.38. The third kappa shape index (κ3) is 2.67. The zero-order valence-electron chi connectivity index (χ0n) is 14.5. The molecule has 2 saturated heterocycles. The predicted molar refractivity (Wildman–Crippen MR) is 97.7 cm³/mol. The van der Waals surface area contributed by atoms with Crippen molar-refractivity contribution in [3.63, 3.8) is 0 Å². The van der Waals surface area contributed by atoms with E-state index in [1.165, 1.54) is 32.1 Å². The molecule has 1 aromatic heterocycles. The van der Waals surface area contributed by atoms with E-state index < -0.39 is 0 Å². The minimum Gasteiger partial charge on any atom is -0.470 e. The van der Waals surface area contributed by atoms with Crippen LogP contribution < -0.4 is 9.64 Å². The molecule has 1 unspecified atom stereocenters. The van der Waals surface area contributed by atoms with E-state index in [2.05, 4.69) is 28.0 Å². The van der Waals surface area contributed by atoms with Gasteiger partial charge in [0.25, 0.3) is 0 Å². The average molecular weight is 336 g/mol. The summed E-state index contributed by atoms with van der Waals surface area (Å²) in [5.41, 5.74) is 3.26. The molecule has 0 spiro atoms. The van der Waals surface area contributed by atoms with Crippen molar-refractivity contribution in [3.05, 3.63) is 36.0 Å². The van der Waals surface area contributed by atoms with Crippen LogP contribution >= 0.6 is 0 Å². The second kappa shape index (κ2) is 6.30. The van der Waals surface area contributed by atoms with Gasteiger partial charge in [-0.25, -0.2) is 9.97 Å². The Hall–Kier alpha value is -2.14. The molecule has 0 N–H and O–H groups in total. The van der Waals surface area contributed by atoms with Crippen LogP contribution in [0.5, 0.6) is 5.75 Å². The first kappa shape index (κ1) is 15.1. The van der Waals surface area contributed by atoms with Crippen molar-refractivity contribution in [2.75, 3.05) is 31.1 Å². The van der Waals surface area contributed by atoms with Crippen LogP contribution in [-0.2, 0) is 0 Å². The van der Waals surface area contributed by atoms with Gasteiger partial charge in [-0.3, -0.25) is 4.90 Å². The zero-order chi connectivity index (χ0) is 16.6. The molecule has 25 heavy (non-hydrogen) atoms. The number of piperidine rings is 1. The Balaban J connectivity index is 1.58. The molecule has 1 atom stereocenters. The van der Waals surface area contributed by atoms with Crippen molar-refractivity contribution in [1.82, 2.24) is 14.9 Å². The molecule has 5 nitrogen and oxygen atoms in total. The van der Waals surface area contributed by atoms with Gasteiger partial charge in [0.2, 0.25) is 5.95 Å². The van der Waals surface area contributed by atoms with Crippen LogP contribution in [0.3, 0.4) is 0 Å². The summed E-state index contributed by atoms with van der Waals surface area (Å²) in [6, 6.07) is 8.28. The van der Waals surface area contributed by atoms with E-state index in [1.54, 1.807) is 0 Å². The van der Waals surface area contributed by atoms with Crippen LogP contribution in [-0.4, -0.2) is 41.0 Å². The highest BCUT2D eigenvalue weighted by molar-refractivity contribution is 5.73. The molecule has 5 rings (SSSR count). The topological polar surface area (TPSA) is 41.5 Å². The lowest BCUT2D eigenvalue weighted by atomic mass is 10.00. The number of rotatable bonds is 2. The lowest BCUT2D eigenvalue weighted by Gasteiger charge is -2.38. The molecule has 4 heterocycles. The molecule has 3 aliphatic heterocycles. The van der Waals surface area contributed by atoms with E-state index in [0.717, 1.165) is 54.7 Å². The molecule has 2 fully saturated rings. The number of ether oxygens (including phenoxy) is 1. The predicted octanol–water partition coefficient (Wildman–Crippen LogP) is 3.62. The number of hydrogen-bond acceptors (Lipinski definition) is 5. The van der Waals surface area contributed by atoms with Crippen LogP contribution in [0.1, 0.15) is 43.9 Å². The Kier molecular flexibility index (Phi) is 3.82. The largest absolute Gasteiger partial charge is 0.470 e. The number of para-hydroxylation sites is 1. The minimum absolute atomic E-state index is 0.0576. The molecule has 130 valence electrons. The number of likely N-dealkylation sites (tertiary alicyclic amines) is 1. The highest BCUT2D eigenvalue weighted by Gasteiger charge is 2.33. The molecule has 1 aromatic carbocycles. The van der Waals surface area contributed by atoms with Crippen molar-refractivity contribution in [2.24, 2.45) is 0 Å². The fourth-order valence-electron chi connectivity index (χ4n) is 4.22. The lowest BCUT2D eigenvalue weighted by molar-refractivity contribution is 0.00822. The molecule has 0 amide bonds. The fourth-order valence-corrected chi connectivity index (χ4v) is 4.22. The molecule has 5 heteroatoms. The highest BCUT2D eigenvalue weighted by atomic mass is 16.5. The SMILES string of the molecule is c1ccc2c(c1)OC(N1CCCCC1)c1cnc(N3CCCC3)nc1-2. The van der Waals surface area contributed by atoms with Crippen LogP contribution in [0.15, 0.2) is 30.5 Å². The highest BCUT2D eigenvalue weighted by Crippen LogP contribution is 2.43. The summed E-state index contributed by atoms with van der Waals surface area (Å²) in [5.74, 6) is 1.81. The Labute approximate surface area is 148 Å². The third-order valence-electron chi connectivity index (χ3n) is 5.56. The van der Waals surface area contributed by atoms with Crippen molar-refractivity contribution in [1.29, 1.82) is 0 Å². The van der Waals surface area contributed by atoms with E-state index in [0.29, 0.717) is 0 Å². The molecule has 0 radical (unpaired) electrons. The Morgan fingerprint density at radius 2 is 1.68 bits per heavy atom. The summed E-state index contributed by atoms with van der Waals surface area (Å²) in [6.07, 6.45) is 8.21. The second-order valence-electron chi connectivity index (χ2n) is 7.23. The Morgan fingerprint density at radius 3 is 2.52 bits per heavy atom. The van der Waals surface area contributed by atoms with Gasteiger partial charge in [-0.1, -0.05) is 18.6 Å². The maximum absolute atomic E-state index is 6.40. The van der Waals surface area contributed by atoms with Crippen LogP contribution in [0.2, 0.25) is 0 Å². The quantitative estimate of drug-likeness (QED) is 0.838. The summed E-state index contributed by atoms with van der Waals surface area (Å²) >= 11 is 0. The van der Waals surface area contributed by atoms with Gasteiger partial charge in [0.05, 0.1) is 11.3 Å². The van der Waals surface area contributed by atoms with Crippen molar-refractivity contribution < 1.29 is 4.74 Å². The Bertz CT molecular complexity index is 766. The summed E-state index contributed by atoms with van der Waals surface area (Å²) in [4.78, 5) is 14.4. The second-order valence-corrected chi connectivity index (χ2v) is 7.23. The van der Waals surface area contributed by atoms with Crippen molar-refractivity contribution in [2.45, 2.75) is 38.3 Å². The number of benzene rings is 1. The number of fused-ring (bicyclic) bond motifs is 3. The zero-order valence-corrected chi connectivity index (χ0v) is 14.5. The monoisotopic (exact) mass is 336 g/mol. The molecule has 0 bridgehead atoms. The molecule has 3 aliphatic rings. The average Bonchev–Trinajstić information content (AvgIpc) is 3.22. The van der Waals surface area contributed by atoms with E-state index in [9.17, 15) is 0 Å². The molecule has 0 saturated carbocycles. The first-order valence-electron chi connectivity index (χ1n) is 9.52. The minimum atomic E-state index is -0.0576.